The molecule has 2 rings (SSSR count). The third-order valence-electron chi connectivity index (χ3n) is 3.46. The molecule has 1 N–H and O–H groups in total. The molecule has 27 heavy (non-hydrogen) atoms. The molecule has 2 aromatic rings. The Morgan fingerprint density at radius 1 is 1.04 bits per heavy atom. The molecule has 2 aromatic carbocycles. The zero-order valence-electron chi connectivity index (χ0n) is 13.8. The largest absolute Gasteiger partial charge is 0.471 e. The number of rotatable bonds is 6. The first-order valence-electron chi connectivity index (χ1n) is 7.62. The van der Waals surface area contributed by atoms with Crippen molar-refractivity contribution < 1.29 is 27.7 Å². The van der Waals surface area contributed by atoms with Gasteiger partial charge in [-0.3, -0.25) is 19.7 Å². The van der Waals surface area contributed by atoms with Crippen LogP contribution in [0.4, 0.5) is 24.5 Å². The highest BCUT2D eigenvalue weighted by Gasteiger charge is 2.43. The van der Waals surface area contributed by atoms with Crippen LogP contribution in [0.3, 0.4) is 0 Å². The fourth-order valence-electron chi connectivity index (χ4n) is 2.28. The van der Waals surface area contributed by atoms with E-state index in [1.165, 1.54) is 30.3 Å². The number of carbonyl (C=O) groups excluding carboxylic acids is 2. The number of anilines is 1. The van der Waals surface area contributed by atoms with Crippen LogP contribution in [0.1, 0.15) is 5.56 Å². The quantitative estimate of drug-likeness (QED) is 0.615. The van der Waals surface area contributed by atoms with Crippen LogP contribution < -0.4 is 5.32 Å². The predicted molar refractivity (Wildman–Crippen MR) is 89.6 cm³/mol. The summed E-state index contributed by atoms with van der Waals surface area (Å²) in [7, 11) is 0. The molecule has 0 atom stereocenters. The lowest BCUT2D eigenvalue weighted by molar-refractivity contribution is -0.383. The van der Waals surface area contributed by atoms with Crippen LogP contribution in [0, 0.1) is 10.1 Å². The topological polar surface area (TPSA) is 92.6 Å². The van der Waals surface area contributed by atoms with Crippen molar-refractivity contribution >= 4 is 23.2 Å². The van der Waals surface area contributed by atoms with Gasteiger partial charge in [0.05, 0.1) is 4.92 Å². The van der Waals surface area contributed by atoms with E-state index >= 15 is 0 Å². The smallest absolute Gasteiger partial charge is 0.321 e. The lowest BCUT2D eigenvalue weighted by Gasteiger charge is -2.23. The predicted octanol–water partition coefficient (Wildman–Crippen LogP) is 3.12. The maximum Gasteiger partial charge on any atom is 0.471 e. The minimum atomic E-state index is -5.16. The van der Waals surface area contributed by atoms with E-state index in [0.717, 1.165) is 6.07 Å². The van der Waals surface area contributed by atoms with Crippen LogP contribution in [-0.4, -0.2) is 34.4 Å². The lowest BCUT2D eigenvalue weighted by Crippen LogP contribution is -2.44. The summed E-state index contributed by atoms with van der Waals surface area (Å²) in [5, 5.41) is 13.1. The molecule has 0 aliphatic carbocycles. The molecule has 7 nitrogen and oxygen atoms in total. The van der Waals surface area contributed by atoms with Crippen molar-refractivity contribution in [3.63, 3.8) is 0 Å². The van der Waals surface area contributed by atoms with Crippen LogP contribution in [0.5, 0.6) is 0 Å². The summed E-state index contributed by atoms with van der Waals surface area (Å²) < 4.78 is 38.5. The number of nitro groups is 1. The first-order chi connectivity index (χ1) is 12.7. The summed E-state index contributed by atoms with van der Waals surface area (Å²) in [6.07, 6.45) is -5.16. The van der Waals surface area contributed by atoms with Crippen LogP contribution in [0.25, 0.3) is 0 Å². The average Bonchev–Trinajstić information content (AvgIpc) is 2.61. The van der Waals surface area contributed by atoms with Crippen LogP contribution in [-0.2, 0) is 16.1 Å². The van der Waals surface area contributed by atoms with Gasteiger partial charge in [0.2, 0.25) is 5.91 Å². The van der Waals surface area contributed by atoms with Gasteiger partial charge in [-0.05, 0) is 11.6 Å². The second-order valence-corrected chi connectivity index (χ2v) is 5.47. The molecule has 0 spiro atoms. The van der Waals surface area contributed by atoms with E-state index in [-0.39, 0.29) is 5.69 Å². The first-order valence-corrected chi connectivity index (χ1v) is 7.62. The van der Waals surface area contributed by atoms with Crippen molar-refractivity contribution in [3.8, 4) is 0 Å². The van der Waals surface area contributed by atoms with E-state index in [2.05, 4.69) is 5.32 Å². The van der Waals surface area contributed by atoms with Gasteiger partial charge in [0.15, 0.2) is 0 Å². The highest BCUT2D eigenvalue weighted by Crippen LogP contribution is 2.24. The molecule has 0 radical (unpaired) electrons. The third kappa shape index (κ3) is 5.53. The van der Waals surface area contributed by atoms with Gasteiger partial charge in [-0.1, -0.05) is 42.5 Å². The number of hydrogen-bond acceptors (Lipinski definition) is 4. The minimum absolute atomic E-state index is 0.174. The minimum Gasteiger partial charge on any atom is -0.321 e. The summed E-state index contributed by atoms with van der Waals surface area (Å²) in [6, 6.07) is 13.0. The van der Waals surface area contributed by atoms with E-state index in [1.807, 2.05) is 0 Å². The second kappa shape index (κ2) is 8.30. The zero-order valence-corrected chi connectivity index (χ0v) is 13.8. The van der Waals surface area contributed by atoms with Crippen molar-refractivity contribution in [1.29, 1.82) is 0 Å². The number of benzene rings is 2. The molecule has 0 aliphatic heterocycles. The zero-order chi connectivity index (χ0) is 20.0. The number of nitrogens with one attached hydrogen (secondary N) is 1. The first kappa shape index (κ1) is 19.9. The van der Waals surface area contributed by atoms with Crippen LogP contribution in [0.15, 0.2) is 54.6 Å². The summed E-state index contributed by atoms with van der Waals surface area (Å²) in [6.45, 7) is -1.36. The number of alkyl halides is 3. The van der Waals surface area contributed by atoms with Gasteiger partial charge in [0.1, 0.15) is 12.2 Å². The SMILES string of the molecule is O=C(CN(Cc1ccccc1)C(=O)C(F)(F)F)Nc1ccccc1[N+](=O)[O-]. The number of nitro benzene ring substituents is 1. The van der Waals surface area contributed by atoms with Gasteiger partial charge >= 0.3 is 12.1 Å². The second-order valence-electron chi connectivity index (χ2n) is 5.47. The Hall–Kier alpha value is -3.43. The van der Waals surface area contributed by atoms with Gasteiger partial charge in [0.25, 0.3) is 5.69 Å². The maximum absolute atomic E-state index is 12.8. The molecule has 0 fully saturated rings. The number of halogens is 3. The highest BCUT2D eigenvalue weighted by atomic mass is 19.4. The normalized spacial score (nSPS) is 10.9. The molecule has 0 saturated heterocycles. The van der Waals surface area contributed by atoms with Crippen molar-refractivity contribution in [2.75, 3.05) is 11.9 Å². The Kier molecular flexibility index (Phi) is 6.11. The molecule has 0 heterocycles. The summed E-state index contributed by atoms with van der Waals surface area (Å²) in [4.78, 5) is 34.3. The number of carbonyl (C=O) groups is 2. The standard InChI is InChI=1S/C17H14F3N3O4/c18-17(19,20)16(25)22(10-12-6-2-1-3-7-12)11-15(24)21-13-8-4-5-9-14(13)23(26)27/h1-9H,10-11H2,(H,21,24). The van der Waals surface area contributed by atoms with Gasteiger partial charge in [-0.25, -0.2) is 0 Å². The molecule has 142 valence electrons. The monoisotopic (exact) mass is 381 g/mol. The van der Waals surface area contributed by atoms with Crippen molar-refractivity contribution in [2.45, 2.75) is 12.7 Å². The molecule has 0 aliphatic rings. The Morgan fingerprint density at radius 2 is 1.63 bits per heavy atom. The van der Waals surface area contributed by atoms with Gasteiger partial charge in [-0.15, -0.1) is 0 Å². The highest BCUT2D eigenvalue weighted by molar-refractivity contribution is 5.96. The van der Waals surface area contributed by atoms with Crippen molar-refractivity contribution in [1.82, 2.24) is 4.90 Å². The van der Waals surface area contributed by atoms with Crippen molar-refractivity contribution in [3.05, 3.63) is 70.3 Å². The van der Waals surface area contributed by atoms with E-state index in [1.54, 1.807) is 18.2 Å². The average molecular weight is 381 g/mol. The van der Waals surface area contributed by atoms with Gasteiger partial charge in [-0.2, -0.15) is 13.2 Å². The van der Waals surface area contributed by atoms with E-state index in [9.17, 15) is 32.9 Å². The van der Waals surface area contributed by atoms with E-state index < -0.39 is 41.7 Å². The molecule has 0 bridgehead atoms. The number of para-hydroxylation sites is 2. The number of amides is 2. The fraction of sp³-hybridized carbons (Fsp3) is 0.176. The van der Waals surface area contributed by atoms with E-state index in [4.69, 9.17) is 0 Å². The Balaban J connectivity index is 2.18. The van der Waals surface area contributed by atoms with Crippen LogP contribution in [0.2, 0.25) is 0 Å². The van der Waals surface area contributed by atoms with Gasteiger partial charge in [0, 0.05) is 12.6 Å². The van der Waals surface area contributed by atoms with Gasteiger partial charge < -0.3 is 10.2 Å². The maximum atomic E-state index is 12.8. The Bertz CT molecular complexity index is 841. The van der Waals surface area contributed by atoms with E-state index in [0.29, 0.717) is 10.5 Å². The molecule has 0 saturated carbocycles. The Morgan fingerprint density at radius 3 is 2.22 bits per heavy atom. The van der Waals surface area contributed by atoms with Crippen molar-refractivity contribution in [2.24, 2.45) is 0 Å². The summed E-state index contributed by atoms with van der Waals surface area (Å²) in [5.41, 5.74) is -0.192. The molecule has 0 unspecified atom stereocenters. The molecule has 10 heteroatoms. The fourth-order valence-corrected chi connectivity index (χ4v) is 2.28. The number of hydrogen-bond donors (Lipinski definition) is 1. The molecule has 2 amide bonds. The van der Waals surface area contributed by atoms with Crippen LogP contribution >= 0.6 is 0 Å². The number of nitrogens with zero attached hydrogens (tertiary/aromatic N) is 2. The molecular formula is C17H14F3N3O4. The Labute approximate surface area is 151 Å². The molecular weight excluding hydrogens is 367 g/mol. The summed E-state index contributed by atoms with van der Waals surface area (Å²) in [5.74, 6) is -3.16. The lowest BCUT2D eigenvalue weighted by atomic mass is 10.2. The molecule has 0 aromatic heterocycles. The third-order valence-corrected chi connectivity index (χ3v) is 3.46. The summed E-state index contributed by atoms with van der Waals surface area (Å²) >= 11 is 0.